The Morgan fingerprint density at radius 3 is 3.00 bits per heavy atom. The summed E-state index contributed by atoms with van der Waals surface area (Å²) in [5.41, 5.74) is 5.99. The molecule has 1 aromatic carbocycles. The van der Waals surface area contributed by atoms with Gasteiger partial charge in [0.05, 0.1) is 24.4 Å². The Morgan fingerprint density at radius 1 is 1.52 bits per heavy atom. The van der Waals surface area contributed by atoms with E-state index >= 15 is 0 Å². The van der Waals surface area contributed by atoms with Gasteiger partial charge in [0.2, 0.25) is 5.91 Å². The van der Waals surface area contributed by atoms with Crippen LogP contribution in [0.5, 0.6) is 0 Å². The van der Waals surface area contributed by atoms with E-state index in [0.29, 0.717) is 19.5 Å². The van der Waals surface area contributed by atoms with E-state index in [9.17, 15) is 14.0 Å². The van der Waals surface area contributed by atoms with Crippen LogP contribution in [0.25, 0.3) is 0 Å². The van der Waals surface area contributed by atoms with Gasteiger partial charge in [-0.1, -0.05) is 0 Å². The van der Waals surface area contributed by atoms with Gasteiger partial charge in [-0.05, 0) is 25.5 Å². The largest absolute Gasteiger partial charge is 0.462 e. The molecule has 6 nitrogen and oxygen atoms in total. The summed E-state index contributed by atoms with van der Waals surface area (Å²) in [4.78, 5) is 25.0. The molecule has 0 aliphatic carbocycles. The molecule has 0 saturated carbocycles. The Balaban J connectivity index is 2.36. The molecule has 0 unspecified atom stereocenters. The van der Waals surface area contributed by atoms with E-state index in [0.717, 1.165) is 6.07 Å². The molecule has 0 aromatic heterocycles. The van der Waals surface area contributed by atoms with Crippen molar-refractivity contribution in [3.63, 3.8) is 0 Å². The molecule has 1 aliphatic heterocycles. The van der Waals surface area contributed by atoms with Gasteiger partial charge in [-0.3, -0.25) is 4.79 Å². The number of carbonyl (C=O) groups excluding carboxylic acids is 2. The molecule has 1 aromatic rings. The van der Waals surface area contributed by atoms with Gasteiger partial charge in [0, 0.05) is 18.8 Å². The van der Waals surface area contributed by atoms with Crippen molar-refractivity contribution in [2.24, 2.45) is 0 Å². The Hall–Kier alpha value is -2.31. The lowest BCUT2D eigenvalue weighted by molar-refractivity contribution is -0.119. The zero-order chi connectivity index (χ0) is 15.4. The molecule has 0 bridgehead atoms. The van der Waals surface area contributed by atoms with Crippen LogP contribution < -0.4 is 16.0 Å². The third kappa shape index (κ3) is 3.42. The van der Waals surface area contributed by atoms with Crippen molar-refractivity contribution in [1.29, 1.82) is 0 Å². The van der Waals surface area contributed by atoms with Crippen LogP contribution in [0.2, 0.25) is 0 Å². The molecule has 1 saturated heterocycles. The van der Waals surface area contributed by atoms with Crippen molar-refractivity contribution in [2.45, 2.75) is 13.3 Å². The number of nitrogen functional groups attached to an aromatic ring is 1. The fourth-order valence-electron chi connectivity index (χ4n) is 2.22. The monoisotopic (exact) mass is 295 g/mol. The number of benzene rings is 1. The normalized spacial score (nSPS) is 15.3. The van der Waals surface area contributed by atoms with Crippen molar-refractivity contribution >= 4 is 23.3 Å². The topological polar surface area (TPSA) is 84.7 Å². The van der Waals surface area contributed by atoms with E-state index in [2.05, 4.69) is 5.32 Å². The maximum absolute atomic E-state index is 14.1. The zero-order valence-corrected chi connectivity index (χ0v) is 11.8. The number of nitrogens with two attached hydrogens (primary N) is 1. The Bertz CT molecular complexity index is 563. The standard InChI is InChI=1S/C14H18FN3O3/c1-2-21-14(20)9-6-12(10(15)7-11(9)16)18-5-3-4-17-13(19)8-18/h6-7H,2-5,8,16H2,1H3,(H,17,19). The van der Waals surface area contributed by atoms with Gasteiger partial charge >= 0.3 is 5.97 Å². The molecule has 1 heterocycles. The zero-order valence-electron chi connectivity index (χ0n) is 11.8. The number of carbonyl (C=O) groups is 2. The van der Waals surface area contributed by atoms with Gasteiger partial charge in [-0.25, -0.2) is 9.18 Å². The molecular weight excluding hydrogens is 277 g/mol. The smallest absolute Gasteiger partial charge is 0.340 e. The summed E-state index contributed by atoms with van der Waals surface area (Å²) < 4.78 is 19.0. The van der Waals surface area contributed by atoms with E-state index in [-0.39, 0.29) is 36.0 Å². The third-order valence-electron chi connectivity index (χ3n) is 3.22. The quantitative estimate of drug-likeness (QED) is 0.639. The predicted octanol–water partition coefficient (Wildman–Crippen LogP) is 0.911. The first-order valence-corrected chi connectivity index (χ1v) is 6.80. The fraction of sp³-hybridized carbons (Fsp3) is 0.429. The number of anilines is 2. The van der Waals surface area contributed by atoms with E-state index in [1.807, 2.05) is 0 Å². The first-order valence-electron chi connectivity index (χ1n) is 6.80. The van der Waals surface area contributed by atoms with Crippen molar-refractivity contribution in [1.82, 2.24) is 5.32 Å². The van der Waals surface area contributed by atoms with E-state index in [1.54, 1.807) is 11.8 Å². The minimum absolute atomic E-state index is 0.0222. The SMILES string of the molecule is CCOC(=O)c1cc(N2CCCNC(=O)C2)c(F)cc1N. The van der Waals surface area contributed by atoms with Crippen molar-refractivity contribution in [3.05, 3.63) is 23.5 Å². The molecule has 7 heteroatoms. The number of halogens is 1. The summed E-state index contributed by atoms with van der Waals surface area (Å²) >= 11 is 0. The summed E-state index contributed by atoms with van der Waals surface area (Å²) in [5, 5.41) is 2.71. The number of rotatable bonds is 3. The molecule has 0 atom stereocenters. The van der Waals surface area contributed by atoms with Gasteiger partial charge in [-0.2, -0.15) is 0 Å². The lowest BCUT2D eigenvalue weighted by Crippen LogP contribution is -2.33. The highest BCUT2D eigenvalue weighted by Gasteiger charge is 2.21. The number of hydrogen-bond donors (Lipinski definition) is 2. The molecule has 0 radical (unpaired) electrons. The van der Waals surface area contributed by atoms with Gasteiger partial charge < -0.3 is 20.7 Å². The molecule has 1 amide bonds. The Morgan fingerprint density at radius 2 is 2.29 bits per heavy atom. The maximum Gasteiger partial charge on any atom is 0.340 e. The molecule has 1 fully saturated rings. The average molecular weight is 295 g/mol. The molecule has 3 N–H and O–H groups in total. The predicted molar refractivity (Wildman–Crippen MR) is 76.6 cm³/mol. The van der Waals surface area contributed by atoms with Crippen LogP contribution in [-0.4, -0.2) is 38.1 Å². The van der Waals surface area contributed by atoms with Crippen LogP contribution in [0.1, 0.15) is 23.7 Å². The van der Waals surface area contributed by atoms with Crippen LogP contribution in [0.15, 0.2) is 12.1 Å². The average Bonchev–Trinajstić information content (AvgIpc) is 2.63. The van der Waals surface area contributed by atoms with Gasteiger partial charge in [-0.15, -0.1) is 0 Å². The second kappa shape index (κ2) is 6.43. The van der Waals surface area contributed by atoms with Gasteiger partial charge in [0.15, 0.2) is 0 Å². The minimum atomic E-state index is -0.601. The van der Waals surface area contributed by atoms with Gasteiger partial charge in [0.25, 0.3) is 0 Å². The number of esters is 1. The lowest BCUT2D eigenvalue weighted by Gasteiger charge is -2.23. The van der Waals surface area contributed by atoms with Gasteiger partial charge in [0.1, 0.15) is 5.82 Å². The molecular formula is C14H18FN3O3. The number of ether oxygens (including phenoxy) is 1. The highest BCUT2D eigenvalue weighted by molar-refractivity contribution is 5.96. The van der Waals surface area contributed by atoms with Crippen molar-refractivity contribution in [2.75, 3.05) is 36.9 Å². The molecule has 0 spiro atoms. The number of hydrogen-bond acceptors (Lipinski definition) is 5. The molecule has 1 aliphatic rings. The van der Waals surface area contributed by atoms with Crippen LogP contribution in [0.3, 0.4) is 0 Å². The van der Waals surface area contributed by atoms with E-state index in [4.69, 9.17) is 10.5 Å². The summed E-state index contributed by atoms with van der Waals surface area (Å²) in [6, 6.07) is 2.44. The van der Waals surface area contributed by atoms with Crippen molar-refractivity contribution in [3.8, 4) is 0 Å². The molecule has 2 rings (SSSR count). The van der Waals surface area contributed by atoms with Crippen LogP contribution in [0.4, 0.5) is 15.8 Å². The fourth-order valence-corrected chi connectivity index (χ4v) is 2.22. The highest BCUT2D eigenvalue weighted by atomic mass is 19.1. The second-order valence-electron chi connectivity index (χ2n) is 4.74. The Labute approximate surface area is 122 Å². The van der Waals surface area contributed by atoms with Crippen molar-refractivity contribution < 1.29 is 18.7 Å². The summed E-state index contributed by atoms with van der Waals surface area (Å²) in [6.45, 7) is 3.00. The first kappa shape index (κ1) is 15.1. The molecule has 114 valence electrons. The Kier molecular flexibility index (Phi) is 4.62. The first-order chi connectivity index (χ1) is 10.0. The summed E-state index contributed by atoms with van der Waals surface area (Å²) in [5.74, 6) is -1.34. The highest BCUT2D eigenvalue weighted by Crippen LogP contribution is 2.26. The van der Waals surface area contributed by atoms with Crippen LogP contribution in [0, 0.1) is 5.82 Å². The third-order valence-corrected chi connectivity index (χ3v) is 3.22. The van der Waals surface area contributed by atoms with E-state index in [1.165, 1.54) is 6.07 Å². The summed E-state index contributed by atoms with van der Waals surface area (Å²) in [6.07, 6.45) is 0.699. The maximum atomic E-state index is 14.1. The van der Waals surface area contributed by atoms with Crippen LogP contribution in [-0.2, 0) is 9.53 Å². The minimum Gasteiger partial charge on any atom is -0.462 e. The lowest BCUT2D eigenvalue weighted by atomic mass is 10.1. The summed E-state index contributed by atoms with van der Waals surface area (Å²) in [7, 11) is 0. The van der Waals surface area contributed by atoms with Crippen LogP contribution >= 0.6 is 0 Å². The number of amides is 1. The van der Waals surface area contributed by atoms with E-state index < -0.39 is 11.8 Å². The molecule has 21 heavy (non-hydrogen) atoms. The number of nitrogens with one attached hydrogen (secondary N) is 1. The number of nitrogens with zero attached hydrogens (tertiary/aromatic N) is 1. The second-order valence-corrected chi connectivity index (χ2v) is 4.74.